The Morgan fingerprint density at radius 2 is 1.90 bits per heavy atom. The monoisotopic (exact) mass is 418 g/mol. The van der Waals surface area contributed by atoms with E-state index in [2.05, 4.69) is 15.5 Å². The number of nitrogens with zero attached hydrogens (tertiary/aromatic N) is 5. The number of hydrogen-bond donors (Lipinski definition) is 1. The maximum Gasteiger partial charge on any atom is 0.251 e. The summed E-state index contributed by atoms with van der Waals surface area (Å²) in [6.45, 7) is 3.90. The summed E-state index contributed by atoms with van der Waals surface area (Å²) >= 11 is 0. The van der Waals surface area contributed by atoms with Crippen molar-refractivity contribution in [3.05, 3.63) is 58.9 Å². The summed E-state index contributed by atoms with van der Waals surface area (Å²) in [7, 11) is -3.73. The summed E-state index contributed by atoms with van der Waals surface area (Å²) in [5, 5.41) is 10.7. The Labute approximate surface area is 167 Å². The number of aromatic nitrogens is 4. The molecule has 0 aliphatic carbocycles. The number of pyridine rings is 2. The van der Waals surface area contributed by atoms with Gasteiger partial charge in [-0.3, -0.25) is 14.0 Å². The molecule has 1 amide bonds. The molecule has 3 rings (SSSR count). The summed E-state index contributed by atoms with van der Waals surface area (Å²) in [6, 6.07) is 7.85. The second kappa shape index (κ2) is 8.53. The van der Waals surface area contributed by atoms with E-state index >= 15 is 0 Å². The Morgan fingerprint density at radius 3 is 2.62 bits per heavy atom. The fourth-order valence-electron chi connectivity index (χ4n) is 2.90. The molecule has 29 heavy (non-hydrogen) atoms. The van der Waals surface area contributed by atoms with Crippen molar-refractivity contribution >= 4 is 21.6 Å². The second-order valence-corrected chi connectivity index (χ2v) is 8.18. The lowest BCUT2D eigenvalue weighted by Crippen LogP contribution is -2.34. The Balaban J connectivity index is 1.74. The zero-order valence-electron chi connectivity index (χ0n) is 16.1. The molecule has 0 aromatic carbocycles. The van der Waals surface area contributed by atoms with Crippen LogP contribution in [0.5, 0.6) is 0 Å². The minimum Gasteiger partial charge on any atom is -0.347 e. The predicted molar refractivity (Wildman–Crippen MR) is 106 cm³/mol. The molecule has 11 heteroatoms. The summed E-state index contributed by atoms with van der Waals surface area (Å²) < 4.78 is 29.4. The Kier molecular flexibility index (Phi) is 6.09. The molecule has 3 aromatic rings. The lowest BCUT2D eigenvalue weighted by atomic mass is 10.4. The lowest BCUT2D eigenvalue weighted by Gasteiger charge is -2.19. The zero-order valence-corrected chi connectivity index (χ0v) is 17.0. The second-order valence-electron chi connectivity index (χ2n) is 6.24. The largest absolute Gasteiger partial charge is 0.347 e. The van der Waals surface area contributed by atoms with Crippen molar-refractivity contribution in [1.82, 2.24) is 28.8 Å². The number of hydrogen-bond acceptors (Lipinski definition) is 6. The molecule has 10 nitrogen and oxygen atoms in total. The van der Waals surface area contributed by atoms with Gasteiger partial charge in [-0.25, -0.2) is 8.42 Å². The molecule has 3 aromatic heterocycles. The first kappa shape index (κ1) is 20.7. The van der Waals surface area contributed by atoms with Gasteiger partial charge in [-0.15, -0.1) is 10.2 Å². The van der Waals surface area contributed by atoms with Crippen molar-refractivity contribution in [3.63, 3.8) is 0 Å². The molecule has 154 valence electrons. The average molecular weight is 418 g/mol. The van der Waals surface area contributed by atoms with Crippen LogP contribution >= 0.6 is 0 Å². The molecule has 0 unspecified atom stereocenters. The Hall–Kier alpha value is -3.05. The van der Waals surface area contributed by atoms with Crippen LogP contribution in [0, 0.1) is 0 Å². The molecule has 0 atom stereocenters. The van der Waals surface area contributed by atoms with Crippen LogP contribution in [0.15, 0.2) is 52.4 Å². The highest BCUT2D eigenvalue weighted by molar-refractivity contribution is 7.89. The fourth-order valence-corrected chi connectivity index (χ4v) is 4.38. The van der Waals surface area contributed by atoms with Gasteiger partial charge in [-0.05, 0) is 18.2 Å². The molecule has 0 bridgehead atoms. The van der Waals surface area contributed by atoms with Gasteiger partial charge >= 0.3 is 0 Å². The molecule has 0 saturated carbocycles. The van der Waals surface area contributed by atoms with Crippen LogP contribution in [0.3, 0.4) is 0 Å². The van der Waals surface area contributed by atoms with Crippen molar-refractivity contribution in [2.75, 3.05) is 13.1 Å². The Bertz CT molecular complexity index is 1180. The van der Waals surface area contributed by atoms with E-state index in [0.717, 1.165) is 10.6 Å². The molecule has 0 fully saturated rings. The molecule has 0 saturated heterocycles. The van der Waals surface area contributed by atoms with Gasteiger partial charge in [-0.1, -0.05) is 19.9 Å². The van der Waals surface area contributed by atoms with Crippen LogP contribution < -0.4 is 10.9 Å². The van der Waals surface area contributed by atoms with Crippen LogP contribution in [0.25, 0.3) is 5.65 Å². The standard InChI is InChI=1S/C18H22N6O4S/c1-3-23(4-2)29(27,28)14-8-9-18(26)22(12-14)13-17(25)19-11-16-21-20-15-7-5-6-10-24(15)16/h5-10,12H,3-4,11,13H2,1-2H3,(H,19,25). The molecule has 0 aliphatic rings. The van der Waals surface area contributed by atoms with E-state index in [1.807, 2.05) is 12.1 Å². The van der Waals surface area contributed by atoms with Gasteiger partial charge < -0.3 is 9.88 Å². The molecule has 0 spiro atoms. The molecule has 3 heterocycles. The van der Waals surface area contributed by atoms with E-state index in [-0.39, 0.29) is 18.0 Å². The maximum absolute atomic E-state index is 12.6. The number of carbonyl (C=O) groups excluding carboxylic acids is 1. The molecule has 1 N–H and O–H groups in total. The highest BCUT2D eigenvalue weighted by atomic mass is 32.2. The van der Waals surface area contributed by atoms with Gasteiger partial charge in [0, 0.05) is 31.5 Å². The lowest BCUT2D eigenvalue weighted by molar-refractivity contribution is -0.121. The van der Waals surface area contributed by atoms with Gasteiger partial charge in [-0.2, -0.15) is 4.31 Å². The summed E-state index contributed by atoms with van der Waals surface area (Å²) in [5.41, 5.74) is 0.189. The summed E-state index contributed by atoms with van der Waals surface area (Å²) in [6.07, 6.45) is 2.98. The normalized spacial score (nSPS) is 11.8. The highest BCUT2D eigenvalue weighted by Gasteiger charge is 2.22. The van der Waals surface area contributed by atoms with E-state index in [1.165, 1.54) is 16.6 Å². The number of amides is 1. The average Bonchev–Trinajstić information content (AvgIpc) is 3.12. The van der Waals surface area contributed by atoms with Crippen molar-refractivity contribution in [1.29, 1.82) is 0 Å². The summed E-state index contributed by atoms with van der Waals surface area (Å²) in [5.74, 6) is 0.0938. The minimum atomic E-state index is -3.73. The van der Waals surface area contributed by atoms with E-state index in [4.69, 9.17) is 0 Å². The quantitative estimate of drug-likeness (QED) is 0.560. The van der Waals surface area contributed by atoms with Gasteiger partial charge in [0.05, 0.1) is 11.4 Å². The third-order valence-corrected chi connectivity index (χ3v) is 6.47. The topological polar surface area (TPSA) is 119 Å². The van der Waals surface area contributed by atoms with E-state index in [0.29, 0.717) is 24.6 Å². The SMILES string of the molecule is CCN(CC)S(=O)(=O)c1ccc(=O)n(CC(=O)NCc2nnc3ccccn23)c1. The maximum atomic E-state index is 12.6. The van der Waals surface area contributed by atoms with E-state index in [1.54, 1.807) is 30.5 Å². The van der Waals surface area contributed by atoms with Crippen molar-refractivity contribution in [2.24, 2.45) is 0 Å². The van der Waals surface area contributed by atoms with Gasteiger partial charge in [0.2, 0.25) is 15.9 Å². The first-order valence-electron chi connectivity index (χ1n) is 9.12. The molecule has 0 radical (unpaired) electrons. The first-order valence-corrected chi connectivity index (χ1v) is 10.6. The van der Waals surface area contributed by atoms with Crippen LogP contribution in [-0.2, 0) is 27.9 Å². The third kappa shape index (κ3) is 4.35. The Morgan fingerprint density at radius 1 is 1.14 bits per heavy atom. The van der Waals surface area contributed by atoms with Crippen LogP contribution in [0.1, 0.15) is 19.7 Å². The van der Waals surface area contributed by atoms with E-state index < -0.39 is 21.5 Å². The summed E-state index contributed by atoms with van der Waals surface area (Å²) in [4.78, 5) is 24.4. The third-order valence-electron chi connectivity index (χ3n) is 4.44. The van der Waals surface area contributed by atoms with Crippen LogP contribution in [-0.4, -0.2) is 50.9 Å². The number of nitrogens with one attached hydrogen (secondary N) is 1. The van der Waals surface area contributed by atoms with Crippen LogP contribution in [0.4, 0.5) is 0 Å². The highest BCUT2D eigenvalue weighted by Crippen LogP contribution is 2.13. The van der Waals surface area contributed by atoms with Crippen molar-refractivity contribution in [2.45, 2.75) is 31.8 Å². The van der Waals surface area contributed by atoms with Gasteiger partial charge in [0.15, 0.2) is 11.5 Å². The van der Waals surface area contributed by atoms with E-state index in [9.17, 15) is 18.0 Å². The molecular weight excluding hydrogens is 396 g/mol. The predicted octanol–water partition coefficient (Wildman–Crippen LogP) is 0.238. The zero-order chi connectivity index (χ0) is 21.0. The van der Waals surface area contributed by atoms with Gasteiger partial charge in [0.1, 0.15) is 6.54 Å². The number of carbonyl (C=O) groups is 1. The van der Waals surface area contributed by atoms with Crippen molar-refractivity contribution in [3.8, 4) is 0 Å². The minimum absolute atomic E-state index is 0.0305. The van der Waals surface area contributed by atoms with Crippen molar-refractivity contribution < 1.29 is 13.2 Å². The first-order chi connectivity index (χ1) is 13.9. The molecule has 0 aliphatic heterocycles. The fraction of sp³-hybridized carbons (Fsp3) is 0.333. The van der Waals surface area contributed by atoms with Gasteiger partial charge in [0.25, 0.3) is 5.56 Å². The molecular formula is C18H22N6O4S. The number of fused-ring (bicyclic) bond motifs is 1. The van der Waals surface area contributed by atoms with Crippen LogP contribution in [0.2, 0.25) is 0 Å². The number of sulfonamides is 1. The smallest absolute Gasteiger partial charge is 0.251 e. The number of rotatable bonds is 8.